The van der Waals surface area contributed by atoms with Crippen molar-refractivity contribution in [3.8, 4) is 17.6 Å². The topological polar surface area (TPSA) is 42.2 Å². The summed E-state index contributed by atoms with van der Waals surface area (Å²) < 4.78 is 11.2. The first-order chi connectivity index (χ1) is 10.1. The maximum Gasteiger partial charge on any atom is 0.122 e. The third-order valence-corrected chi connectivity index (χ3v) is 3.61. The lowest BCUT2D eigenvalue weighted by Crippen LogP contribution is -2.09. The average molecular weight is 302 g/mol. The fourth-order valence-corrected chi connectivity index (χ4v) is 2.04. The highest BCUT2D eigenvalue weighted by Gasteiger charge is 2.03. The maximum atomic E-state index is 8.71. The Morgan fingerprint density at radius 2 is 1.48 bits per heavy atom. The number of hydrogen-bond donors (Lipinski definition) is 0. The molecule has 2 aromatic carbocycles. The Balaban J connectivity index is 1.83. The fourth-order valence-electron chi connectivity index (χ4n) is 1.93. The summed E-state index contributed by atoms with van der Waals surface area (Å²) in [6.45, 7) is 4.79. The first-order valence-corrected chi connectivity index (χ1v) is 7.00. The van der Waals surface area contributed by atoms with Crippen LogP contribution in [-0.2, 0) is 0 Å². The van der Waals surface area contributed by atoms with E-state index >= 15 is 0 Å². The number of nitriles is 1. The molecule has 0 atom stereocenters. The number of rotatable bonds is 5. The quantitative estimate of drug-likeness (QED) is 0.774. The van der Waals surface area contributed by atoms with Gasteiger partial charge in [-0.05, 0) is 61.4 Å². The molecule has 108 valence electrons. The lowest BCUT2D eigenvalue weighted by molar-refractivity contribution is 0.217. The van der Waals surface area contributed by atoms with Crippen LogP contribution in [0.3, 0.4) is 0 Å². The van der Waals surface area contributed by atoms with Crippen LogP contribution >= 0.6 is 11.6 Å². The van der Waals surface area contributed by atoms with Crippen molar-refractivity contribution in [2.24, 2.45) is 0 Å². The van der Waals surface area contributed by atoms with Crippen molar-refractivity contribution in [3.05, 3.63) is 58.1 Å². The number of nitrogens with zero attached hydrogens (tertiary/aromatic N) is 1. The van der Waals surface area contributed by atoms with Gasteiger partial charge in [0.25, 0.3) is 0 Å². The minimum atomic E-state index is 0.437. The molecule has 2 aromatic rings. The first kappa shape index (κ1) is 15.2. The minimum Gasteiger partial charge on any atom is -0.490 e. The van der Waals surface area contributed by atoms with Crippen LogP contribution in [0.15, 0.2) is 36.4 Å². The van der Waals surface area contributed by atoms with Gasteiger partial charge in [-0.15, -0.1) is 0 Å². The van der Waals surface area contributed by atoms with Crippen LogP contribution in [0.25, 0.3) is 0 Å². The summed E-state index contributed by atoms with van der Waals surface area (Å²) in [5.41, 5.74) is 2.62. The van der Waals surface area contributed by atoms with E-state index in [2.05, 4.69) is 6.07 Å². The first-order valence-electron chi connectivity index (χ1n) is 6.62. The minimum absolute atomic E-state index is 0.437. The predicted octanol–water partition coefficient (Wildman–Crippen LogP) is 4.29. The van der Waals surface area contributed by atoms with Gasteiger partial charge in [0.05, 0.1) is 11.6 Å². The summed E-state index contributed by atoms with van der Waals surface area (Å²) in [7, 11) is 0. The van der Waals surface area contributed by atoms with Crippen molar-refractivity contribution in [3.63, 3.8) is 0 Å². The molecule has 0 N–H and O–H groups in total. The Hall–Kier alpha value is -2.18. The van der Waals surface area contributed by atoms with Crippen LogP contribution < -0.4 is 9.47 Å². The van der Waals surface area contributed by atoms with Gasteiger partial charge in [-0.25, -0.2) is 0 Å². The molecule has 0 fully saturated rings. The Labute approximate surface area is 129 Å². The van der Waals surface area contributed by atoms with Gasteiger partial charge < -0.3 is 9.47 Å². The number of halogens is 1. The molecule has 0 spiro atoms. The van der Waals surface area contributed by atoms with Crippen molar-refractivity contribution in [2.75, 3.05) is 13.2 Å². The lowest BCUT2D eigenvalue weighted by atomic mass is 10.1. The van der Waals surface area contributed by atoms with E-state index in [4.69, 9.17) is 26.3 Å². The number of hydrogen-bond acceptors (Lipinski definition) is 3. The van der Waals surface area contributed by atoms with Crippen LogP contribution in [-0.4, -0.2) is 13.2 Å². The van der Waals surface area contributed by atoms with Crippen molar-refractivity contribution < 1.29 is 9.47 Å². The van der Waals surface area contributed by atoms with Gasteiger partial charge in [0.2, 0.25) is 0 Å². The molecule has 21 heavy (non-hydrogen) atoms. The van der Waals surface area contributed by atoms with E-state index in [9.17, 15) is 0 Å². The summed E-state index contributed by atoms with van der Waals surface area (Å²) in [6, 6.07) is 12.9. The molecule has 0 aromatic heterocycles. The predicted molar refractivity (Wildman–Crippen MR) is 83.1 cm³/mol. The molecule has 0 radical (unpaired) electrons. The second-order valence-electron chi connectivity index (χ2n) is 4.70. The van der Waals surface area contributed by atoms with E-state index < -0.39 is 0 Å². The van der Waals surface area contributed by atoms with Gasteiger partial charge >= 0.3 is 0 Å². The highest BCUT2D eigenvalue weighted by molar-refractivity contribution is 6.32. The van der Waals surface area contributed by atoms with Crippen molar-refractivity contribution in [1.29, 1.82) is 5.26 Å². The SMILES string of the molecule is Cc1cc(OCCOc2ccc(C#N)cc2)cc(C)c1Cl. The molecule has 0 unspecified atom stereocenters. The van der Waals surface area contributed by atoms with Gasteiger partial charge in [-0.3, -0.25) is 0 Å². The number of aryl methyl sites for hydroxylation is 2. The number of ether oxygens (including phenoxy) is 2. The van der Waals surface area contributed by atoms with E-state index in [1.165, 1.54) is 0 Å². The normalized spacial score (nSPS) is 10.0. The van der Waals surface area contributed by atoms with Gasteiger partial charge in [0.15, 0.2) is 0 Å². The third-order valence-electron chi connectivity index (χ3n) is 3.01. The fraction of sp³-hybridized carbons (Fsp3) is 0.235. The van der Waals surface area contributed by atoms with Crippen molar-refractivity contribution in [2.45, 2.75) is 13.8 Å². The molecular formula is C17H16ClNO2. The van der Waals surface area contributed by atoms with Crippen LogP contribution in [0.4, 0.5) is 0 Å². The Morgan fingerprint density at radius 3 is 2.00 bits per heavy atom. The Morgan fingerprint density at radius 1 is 0.952 bits per heavy atom. The summed E-state index contributed by atoms with van der Waals surface area (Å²) in [5, 5.41) is 9.49. The molecule has 0 aliphatic heterocycles. The van der Waals surface area contributed by atoms with Crippen LogP contribution in [0.1, 0.15) is 16.7 Å². The molecule has 4 heteroatoms. The molecule has 0 aliphatic rings. The van der Waals surface area contributed by atoms with E-state index in [0.717, 1.165) is 27.6 Å². The van der Waals surface area contributed by atoms with Gasteiger partial charge in [-0.1, -0.05) is 11.6 Å². The Kier molecular flexibility index (Phi) is 5.08. The third kappa shape index (κ3) is 4.14. The number of benzene rings is 2. The van der Waals surface area contributed by atoms with E-state index in [1.807, 2.05) is 26.0 Å². The highest BCUT2D eigenvalue weighted by Crippen LogP contribution is 2.25. The summed E-state index contributed by atoms with van der Waals surface area (Å²) in [5.74, 6) is 1.51. The summed E-state index contributed by atoms with van der Waals surface area (Å²) in [6.07, 6.45) is 0. The molecule has 2 rings (SSSR count). The zero-order chi connectivity index (χ0) is 15.2. The summed E-state index contributed by atoms with van der Waals surface area (Å²) >= 11 is 6.11. The molecule has 0 amide bonds. The molecule has 0 saturated carbocycles. The van der Waals surface area contributed by atoms with Gasteiger partial charge in [-0.2, -0.15) is 5.26 Å². The second-order valence-corrected chi connectivity index (χ2v) is 5.08. The molecule has 0 heterocycles. The van der Waals surface area contributed by atoms with Crippen molar-refractivity contribution >= 4 is 11.6 Å². The van der Waals surface area contributed by atoms with E-state index in [0.29, 0.717) is 18.8 Å². The van der Waals surface area contributed by atoms with E-state index in [-0.39, 0.29) is 0 Å². The lowest BCUT2D eigenvalue weighted by Gasteiger charge is -2.11. The largest absolute Gasteiger partial charge is 0.490 e. The molecule has 0 saturated heterocycles. The van der Waals surface area contributed by atoms with E-state index in [1.54, 1.807) is 24.3 Å². The molecular weight excluding hydrogens is 286 g/mol. The van der Waals surface area contributed by atoms with Gasteiger partial charge in [0, 0.05) is 5.02 Å². The van der Waals surface area contributed by atoms with Crippen LogP contribution in [0.2, 0.25) is 5.02 Å². The van der Waals surface area contributed by atoms with Crippen LogP contribution in [0, 0.1) is 25.2 Å². The molecule has 0 aliphatic carbocycles. The zero-order valence-electron chi connectivity index (χ0n) is 12.0. The second kappa shape index (κ2) is 7.01. The summed E-state index contributed by atoms with van der Waals surface area (Å²) in [4.78, 5) is 0. The average Bonchev–Trinajstić information content (AvgIpc) is 2.49. The smallest absolute Gasteiger partial charge is 0.122 e. The maximum absolute atomic E-state index is 8.71. The highest BCUT2D eigenvalue weighted by atomic mass is 35.5. The van der Waals surface area contributed by atoms with Gasteiger partial charge in [0.1, 0.15) is 24.7 Å². The van der Waals surface area contributed by atoms with Crippen molar-refractivity contribution in [1.82, 2.24) is 0 Å². The standard InChI is InChI=1S/C17H16ClNO2/c1-12-9-16(10-13(2)17(12)18)21-8-7-20-15-5-3-14(11-19)4-6-15/h3-6,9-10H,7-8H2,1-2H3. The molecule has 3 nitrogen and oxygen atoms in total. The van der Waals surface area contributed by atoms with Crippen LogP contribution in [0.5, 0.6) is 11.5 Å². The Bertz CT molecular complexity index is 636. The zero-order valence-corrected chi connectivity index (χ0v) is 12.8. The molecule has 0 bridgehead atoms. The monoisotopic (exact) mass is 301 g/mol.